The van der Waals surface area contributed by atoms with Crippen LogP contribution in [0.15, 0.2) is 18.2 Å². The van der Waals surface area contributed by atoms with E-state index in [2.05, 4.69) is 58.1 Å². The Balaban J connectivity index is 2.62. The fourth-order valence-electron chi connectivity index (χ4n) is 2.39. The highest BCUT2D eigenvalue weighted by atomic mass is 14.9. The van der Waals surface area contributed by atoms with Gasteiger partial charge in [-0.3, -0.25) is 0 Å². The van der Waals surface area contributed by atoms with Crippen molar-refractivity contribution < 1.29 is 0 Å². The molecule has 1 aromatic rings. The molecule has 0 saturated heterocycles. The van der Waals surface area contributed by atoms with Crippen molar-refractivity contribution in [3.05, 3.63) is 34.9 Å². The fraction of sp³-hybridized carbons (Fsp3) is 0.625. The Labute approximate surface area is 107 Å². The van der Waals surface area contributed by atoms with Crippen LogP contribution in [0.2, 0.25) is 0 Å². The van der Waals surface area contributed by atoms with Crippen LogP contribution in [0.25, 0.3) is 0 Å². The third-order valence-corrected chi connectivity index (χ3v) is 2.99. The van der Waals surface area contributed by atoms with Crippen LogP contribution in [-0.2, 0) is 6.42 Å². The minimum atomic E-state index is 0.329. The molecule has 0 aliphatic rings. The smallest absolute Gasteiger partial charge is 0.000570 e. The molecule has 0 spiro atoms. The quantitative estimate of drug-likeness (QED) is 0.735. The first-order chi connectivity index (χ1) is 7.93. The molecule has 1 rings (SSSR count). The maximum atomic E-state index is 3.52. The lowest BCUT2D eigenvalue weighted by atomic mass is 9.85. The molecule has 1 aromatic carbocycles. The summed E-state index contributed by atoms with van der Waals surface area (Å²) in [7, 11) is 0. The molecule has 0 aliphatic carbocycles. The largest absolute Gasteiger partial charge is 0.316 e. The van der Waals surface area contributed by atoms with E-state index in [1.807, 2.05) is 0 Å². The monoisotopic (exact) mass is 233 g/mol. The van der Waals surface area contributed by atoms with Crippen molar-refractivity contribution in [3.8, 4) is 0 Å². The van der Waals surface area contributed by atoms with Crippen LogP contribution in [0.1, 0.15) is 43.9 Å². The van der Waals surface area contributed by atoms with E-state index in [0.717, 1.165) is 19.5 Å². The summed E-state index contributed by atoms with van der Waals surface area (Å²) < 4.78 is 0. The van der Waals surface area contributed by atoms with E-state index in [9.17, 15) is 0 Å². The minimum Gasteiger partial charge on any atom is -0.316 e. The number of hydrogen-bond acceptors (Lipinski definition) is 1. The van der Waals surface area contributed by atoms with Crippen LogP contribution in [-0.4, -0.2) is 13.1 Å². The van der Waals surface area contributed by atoms with Gasteiger partial charge in [0.25, 0.3) is 0 Å². The molecular weight excluding hydrogens is 206 g/mol. The van der Waals surface area contributed by atoms with Gasteiger partial charge >= 0.3 is 0 Å². The van der Waals surface area contributed by atoms with Gasteiger partial charge in [-0.15, -0.1) is 0 Å². The average Bonchev–Trinajstić information content (AvgIpc) is 2.14. The molecule has 1 heteroatoms. The molecule has 96 valence electrons. The number of benzene rings is 1. The zero-order valence-corrected chi connectivity index (χ0v) is 12.1. The first kappa shape index (κ1) is 14.2. The number of rotatable bonds is 6. The van der Waals surface area contributed by atoms with Gasteiger partial charge in [-0.25, -0.2) is 0 Å². The Morgan fingerprint density at radius 3 is 2.18 bits per heavy atom. The Morgan fingerprint density at radius 1 is 1.06 bits per heavy atom. The highest BCUT2D eigenvalue weighted by Gasteiger charge is 2.18. The second kappa shape index (κ2) is 6.20. The Bertz CT molecular complexity index is 332. The molecule has 0 saturated carbocycles. The van der Waals surface area contributed by atoms with Crippen molar-refractivity contribution in [2.75, 3.05) is 13.1 Å². The molecule has 0 heterocycles. The zero-order valence-electron chi connectivity index (χ0n) is 12.1. The number of hydrogen-bond donors (Lipinski definition) is 1. The summed E-state index contributed by atoms with van der Waals surface area (Å²) in [5.41, 5.74) is 4.54. The standard InChI is InChI=1S/C16H27N/c1-6-7-17-12-16(4,5)11-15-9-13(2)8-14(3)10-15/h8-10,17H,6-7,11-12H2,1-5H3. The molecule has 1 N–H and O–H groups in total. The highest BCUT2D eigenvalue weighted by molar-refractivity contribution is 5.29. The summed E-state index contributed by atoms with van der Waals surface area (Å²) in [6, 6.07) is 6.87. The molecule has 17 heavy (non-hydrogen) atoms. The molecule has 0 unspecified atom stereocenters. The zero-order chi connectivity index (χ0) is 12.9. The first-order valence-electron chi connectivity index (χ1n) is 6.71. The third kappa shape index (κ3) is 5.36. The van der Waals surface area contributed by atoms with E-state index < -0.39 is 0 Å². The van der Waals surface area contributed by atoms with Gasteiger partial charge in [0.05, 0.1) is 0 Å². The van der Waals surface area contributed by atoms with E-state index in [0.29, 0.717) is 5.41 Å². The summed E-state index contributed by atoms with van der Waals surface area (Å²) in [5, 5.41) is 3.52. The second-order valence-corrected chi connectivity index (χ2v) is 6.01. The van der Waals surface area contributed by atoms with Crippen LogP contribution in [0.3, 0.4) is 0 Å². The molecule has 0 bridgehead atoms. The van der Waals surface area contributed by atoms with Crippen LogP contribution < -0.4 is 5.32 Å². The van der Waals surface area contributed by atoms with Crippen molar-refractivity contribution in [1.29, 1.82) is 0 Å². The second-order valence-electron chi connectivity index (χ2n) is 6.01. The molecule has 0 fully saturated rings. The molecule has 1 nitrogen and oxygen atoms in total. The van der Waals surface area contributed by atoms with E-state index in [-0.39, 0.29) is 0 Å². The summed E-state index contributed by atoms with van der Waals surface area (Å²) in [5.74, 6) is 0. The Kier molecular flexibility index (Phi) is 5.20. The predicted molar refractivity (Wildman–Crippen MR) is 76.6 cm³/mol. The van der Waals surface area contributed by atoms with Crippen molar-refractivity contribution in [1.82, 2.24) is 5.32 Å². The SMILES string of the molecule is CCCNCC(C)(C)Cc1cc(C)cc(C)c1. The van der Waals surface area contributed by atoms with Gasteiger partial charge in [0.1, 0.15) is 0 Å². The van der Waals surface area contributed by atoms with Crippen molar-refractivity contribution in [3.63, 3.8) is 0 Å². The molecule has 0 radical (unpaired) electrons. The van der Waals surface area contributed by atoms with Gasteiger partial charge in [-0.05, 0) is 44.2 Å². The Morgan fingerprint density at radius 2 is 1.65 bits per heavy atom. The summed E-state index contributed by atoms with van der Waals surface area (Å²) in [6.07, 6.45) is 2.35. The topological polar surface area (TPSA) is 12.0 Å². The van der Waals surface area contributed by atoms with Crippen molar-refractivity contribution in [2.24, 2.45) is 5.41 Å². The lowest BCUT2D eigenvalue weighted by molar-refractivity contribution is 0.339. The van der Waals surface area contributed by atoms with Gasteiger partial charge in [-0.2, -0.15) is 0 Å². The normalized spacial score (nSPS) is 11.8. The lowest BCUT2D eigenvalue weighted by Gasteiger charge is -2.25. The number of nitrogens with one attached hydrogen (secondary N) is 1. The third-order valence-electron chi connectivity index (χ3n) is 2.99. The van der Waals surface area contributed by atoms with Gasteiger partial charge in [-0.1, -0.05) is 50.1 Å². The maximum Gasteiger partial charge on any atom is 0.000570 e. The highest BCUT2D eigenvalue weighted by Crippen LogP contribution is 2.22. The van der Waals surface area contributed by atoms with Crippen molar-refractivity contribution in [2.45, 2.75) is 47.5 Å². The number of aryl methyl sites for hydroxylation is 2. The van der Waals surface area contributed by atoms with E-state index in [1.54, 1.807) is 0 Å². The maximum absolute atomic E-state index is 3.52. The lowest BCUT2D eigenvalue weighted by Crippen LogP contribution is -2.31. The van der Waals surface area contributed by atoms with Gasteiger partial charge in [0.15, 0.2) is 0 Å². The molecule has 0 amide bonds. The van der Waals surface area contributed by atoms with E-state index in [1.165, 1.54) is 23.1 Å². The minimum absolute atomic E-state index is 0.329. The summed E-state index contributed by atoms with van der Waals surface area (Å²) in [6.45, 7) is 13.5. The summed E-state index contributed by atoms with van der Waals surface area (Å²) >= 11 is 0. The Hall–Kier alpha value is -0.820. The van der Waals surface area contributed by atoms with E-state index >= 15 is 0 Å². The van der Waals surface area contributed by atoms with Crippen LogP contribution in [0.5, 0.6) is 0 Å². The molecule has 0 aliphatic heterocycles. The molecule has 0 aromatic heterocycles. The van der Waals surface area contributed by atoms with Crippen LogP contribution in [0.4, 0.5) is 0 Å². The molecular formula is C16H27N. The van der Waals surface area contributed by atoms with Crippen LogP contribution >= 0.6 is 0 Å². The van der Waals surface area contributed by atoms with Gasteiger partial charge in [0.2, 0.25) is 0 Å². The average molecular weight is 233 g/mol. The van der Waals surface area contributed by atoms with Gasteiger partial charge < -0.3 is 5.32 Å². The fourth-order valence-corrected chi connectivity index (χ4v) is 2.39. The first-order valence-corrected chi connectivity index (χ1v) is 6.71. The predicted octanol–water partition coefficient (Wildman–Crippen LogP) is 3.87. The summed E-state index contributed by atoms with van der Waals surface area (Å²) in [4.78, 5) is 0. The van der Waals surface area contributed by atoms with E-state index in [4.69, 9.17) is 0 Å². The van der Waals surface area contributed by atoms with Crippen LogP contribution in [0, 0.1) is 19.3 Å². The van der Waals surface area contributed by atoms with Gasteiger partial charge in [0, 0.05) is 6.54 Å². The van der Waals surface area contributed by atoms with Crippen molar-refractivity contribution >= 4 is 0 Å². The molecule has 0 atom stereocenters.